The number of carboxylic acid groups (broad SMARTS) is 1. The molecule has 21 heavy (non-hydrogen) atoms. The average Bonchev–Trinajstić information content (AvgIpc) is 2.41. The Labute approximate surface area is 121 Å². The summed E-state index contributed by atoms with van der Waals surface area (Å²) in [7, 11) is 1.27. The summed E-state index contributed by atoms with van der Waals surface area (Å²) in [5.41, 5.74) is 5.85. The largest absolute Gasteiger partial charge is 0.478 e. The molecule has 120 valence electrons. The van der Waals surface area contributed by atoms with Crippen LogP contribution < -0.4 is 11.1 Å². The maximum atomic E-state index is 11.3. The number of rotatable bonds is 6. The van der Waals surface area contributed by atoms with Crippen molar-refractivity contribution in [2.75, 3.05) is 13.7 Å². The molecule has 0 aromatic heterocycles. The minimum absolute atomic E-state index is 0.399. The second kappa shape index (κ2) is 7.36. The molecular formula is C12H20N2O7. The molecule has 2 unspecified atom stereocenters. The van der Waals surface area contributed by atoms with Crippen LogP contribution in [0.1, 0.15) is 6.92 Å². The van der Waals surface area contributed by atoms with E-state index in [2.05, 4.69) is 5.32 Å². The van der Waals surface area contributed by atoms with Gasteiger partial charge >= 0.3 is 5.97 Å². The highest BCUT2D eigenvalue weighted by Crippen LogP contribution is 2.23. The van der Waals surface area contributed by atoms with Crippen LogP contribution in [0.25, 0.3) is 0 Å². The van der Waals surface area contributed by atoms with Gasteiger partial charge in [-0.15, -0.1) is 0 Å². The highest BCUT2D eigenvalue weighted by molar-refractivity contribution is 5.84. The quantitative estimate of drug-likeness (QED) is 0.363. The van der Waals surface area contributed by atoms with Crippen molar-refractivity contribution in [3.63, 3.8) is 0 Å². The summed E-state index contributed by atoms with van der Waals surface area (Å²) < 4.78 is 10.3. The first kappa shape index (κ1) is 17.4. The van der Waals surface area contributed by atoms with Gasteiger partial charge in [-0.2, -0.15) is 0 Å². The molecule has 1 aliphatic heterocycles. The molecule has 0 bridgehead atoms. The molecule has 0 fully saturated rings. The Bertz CT molecular complexity index is 426. The van der Waals surface area contributed by atoms with Crippen molar-refractivity contribution in [1.29, 1.82) is 0 Å². The number of methoxy groups -OCH3 is 1. The molecule has 1 aliphatic rings. The molecular weight excluding hydrogens is 284 g/mol. The monoisotopic (exact) mass is 304 g/mol. The normalized spacial score (nSPS) is 28.0. The number of carboxylic acids is 1. The van der Waals surface area contributed by atoms with Crippen LogP contribution in [0.3, 0.4) is 0 Å². The number of ether oxygens (including phenoxy) is 2. The number of aliphatic carboxylic acids is 1. The molecule has 9 heteroatoms. The fourth-order valence-electron chi connectivity index (χ4n) is 2.18. The van der Waals surface area contributed by atoms with Gasteiger partial charge in [-0.05, 0) is 6.08 Å². The number of aliphatic hydroxyl groups excluding tert-OH is 2. The van der Waals surface area contributed by atoms with E-state index in [0.29, 0.717) is 0 Å². The molecule has 0 aliphatic carbocycles. The molecule has 5 atom stereocenters. The van der Waals surface area contributed by atoms with E-state index >= 15 is 0 Å². The Morgan fingerprint density at radius 1 is 1.57 bits per heavy atom. The van der Waals surface area contributed by atoms with Crippen LogP contribution in [-0.2, 0) is 19.1 Å². The van der Waals surface area contributed by atoms with Crippen LogP contribution in [0.15, 0.2) is 11.8 Å². The topological polar surface area (TPSA) is 151 Å². The lowest BCUT2D eigenvalue weighted by Gasteiger charge is -2.39. The van der Waals surface area contributed by atoms with E-state index in [4.69, 9.17) is 25.4 Å². The summed E-state index contributed by atoms with van der Waals surface area (Å²) in [6.07, 6.45) is -2.29. The molecule has 1 rings (SSSR count). The van der Waals surface area contributed by atoms with E-state index in [0.717, 1.165) is 6.08 Å². The first-order valence-electron chi connectivity index (χ1n) is 6.28. The van der Waals surface area contributed by atoms with Crippen molar-refractivity contribution in [2.24, 2.45) is 5.73 Å². The third-order valence-electron chi connectivity index (χ3n) is 3.12. The maximum Gasteiger partial charge on any atom is 0.370 e. The van der Waals surface area contributed by atoms with E-state index < -0.39 is 54.6 Å². The minimum atomic E-state index is -1.33. The van der Waals surface area contributed by atoms with Crippen molar-refractivity contribution in [2.45, 2.75) is 37.3 Å². The second-order valence-corrected chi connectivity index (χ2v) is 4.67. The zero-order chi connectivity index (χ0) is 16.2. The number of hydrogen-bond donors (Lipinski definition) is 5. The van der Waals surface area contributed by atoms with Gasteiger partial charge in [0.05, 0.1) is 18.7 Å². The third-order valence-corrected chi connectivity index (χ3v) is 3.12. The van der Waals surface area contributed by atoms with Gasteiger partial charge in [0.25, 0.3) is 0 Å². The highest BCUT2D eigenvalue weighted by atomic mass is 16.6. The number of hydrogen-bond acceptors (Lipinski definition) is 7. The summed E-state index contributed by atoms with van der Waals surface area (Å²) in [5.74, 6) is -2.13. The fourth-order valence-corrected chi connectivity index (χ4v) is 2.18. The van der Waals surface area contributed by atoms with Gasteiger partial charge in [0, 0.05) is 14.0 Å². The number of amides is 1. The van der Waals surface area contributed by atoms with Crippen LogP contribution >= 0.6 is 0 Å². The lowest BCUT2D eigenvalue weighted by atomic mass is 9.92. The maximum absolute atomic E-state index is 11.3. The number of nitrogens with one attached hydrogen (secondary N) is 1. The predicted octanol–water partition coefficient (Wildman–Crippen LogP) is -2.45. The molecule has 0 saturated heterocycles. The number of carbonyl (C=O) groups excluding carboxylic acids is 1. The number of nitrogens with two attached hydrogens (primary N) is 1. The van der Waals surface area contributed by atoms with Crippen molar-refractivity contribution in [3.8, 4) is 0 Å². The molecule has 1 heterocycles. The summed E-state index contributed by atoms with van der Waals surface area (Å²) in [6.45, 7) is 0.650. The fraction of sp³-hybridized carbons (Fsp3) is 0.667. The van der Waals surface area contributed by atoms with Gasteiger partial charge in [0.1, 0.15) is 18.3 Å². The molecule has 0 aromatic carbocycles. The smallest absolute Gasteiger partial charge is 0.370 e. The zero-order valence-corrected chi connectivity index (χ0v) is 11.7. The Balaban J connectivity index is 3.11. The van der Waals surface area contributed by atoms with Gasteiger partial charge < -0.3 is 35.8 Å². The van der Waals surface area contributed by atoms with Crippen LogP contribution in [0.5, 0.6) is 0 Å². The lowest BCUT2D eigenvalue weighted by Crippen LogP contribution is -2.62. The van der Waals surface area contributed by atoms with E-state index in [1.54, 1.807) is 0 Å². The third kappa shape index (κ3) is 4.14. The first-order valence-corrected chi connectivity index (χ1v) is 6.28. The van der Waals surface area contributed by atoms with Gasteiger partial charge in [-0.25, -0.2) is 4.79 Å². The number of aliphatic hydroxyl groups is 2. The van der Waals surface area contributed by atoms with Crippen molar-refractivity contribution >= 4 is 11.9 Å². The second-order valence-electron chi connectivity index (χ2n) is 4.67. The highest BCUT2D eigenvalue weighted by Gasteiger charge is 2.43. The van der Waals surface area contributed by atoms with Crippen molar-refractivity contribution in [3.05, 3.63) is 11.8 Å². The average molecular weight is 304 g/mol. The first-order chi connectivity index (χ1) is 9.81. The van der Waals surface area contributed by atoms with Crippen molar-refractivity contribution < 1.29 is 34.4 Å². The van der Waals surface area contributed by atoms with E-state index in [9.17, 15) is 14.7 Å². The summed E-state index contributed by atoms with van der Waals surface area (Å²) in [5, 5.41) is 30.3. The molecule has 9 nitrogen and oxygen atoms in total. The SMILES string of the molecule is COC(C(O)CO)[C@@H]1OC(C(=O)O)=C[C@H](N)[C@H]1NC(C)=O. The molecule has 1 amide bonds. The summed E-state index contributed by atoms with van der Waals surface area (Å²) >= 11 is 0. The van der Waals surface area contributed by atoms with Crippen molar-refractivity contribution in [1.82, 2.24) is 5.32 Å². The van der Waals surface area contributed by atoms with Crippen LogP contribution in [0.2, 0.25) is 0 Å². The Morgan fingerprint density at radius 2 is 2.19 bits per heavy atom. The van der Waals surface area contributed by atoms with Gasteiger partial charge in [0.15, 0.2) is 0 Å². The number of carbonyl (C=O) groups is 2. The molecule has 0 saturated carbocycles. The Hall–Kier alpha value is -1.68. The minimum Gasteiger partial charge on any atom is -0.478 e. The van der Waals surface area contributed by atoms with Crippen LogP contribution in [-0.4, -0.2) is 71.3 Å². The van der Waals surface area contributed by atoms with Gasteiger partial charge in [-0.1, -0.05) is 0 Å². The van der Waals surface area contributed by atoms with Crippen LogP contribution in [0, 0.1) is 0 Å². The van der Waals surface area contributed by atoms with Gasteiger partial charge in [0.2, 0.25) is 11.7 Å². The molecule has 0 aromatic rings. The molecule has 0 spiro atoms. The van der Waals surface area contributed by atoms with E-state index in [1.165, 1.54) is 14.0 Å². The Kier molecular flexibility index (Phi) is 6.09. The molecule has 6 N–H and O–H groups in total. The lowest BCUT2D eigenvalue weighted by molar-refractivity contribution is -0.149. The van der Waals surface area contributed by atoms with E-state index in [1.807, 2.05) is 0 Å². The molecule has 0 radical (unpaired) electrons. The Morgan fingerprint density at radius 3 is 2.62 bits per heavy atom. The van der Waals surface area contributed by atoms with Crippen LogP contribution in [0.4, 0.5) is 0 Å². The zero-order valence-electron chi connectivity index (χ0n) is 11.7. The van der Waals surface area contributed by atoms with Gasteiger partial charge in [-0.3, -0.25) is 4.79 Å². The standard InChI is InChI=1S/C12H20N2O7/c1-5(16)14-9-6(13)3-8(12(18)19)21-11(9)10(20-2)7(17)4-15/h3,6-7,9-11,15,17H,4,13H2,1-2H3,(H,14,16)(H,18,19)/t6-,7?,9+,10?,11+/m0/s1. The summed E-state index contributed by atoms with van der Waals surface area (Å²) in [4.78, 5) is 22.3. The summed E-state index contributed by atoms with van der Waals surface area (Å²) in [6, 6.07) is -1.65. The predicted molar refractivity (Wildman–Crippen MR) is 70.1 cm³/mol. The van der Waals surface area contributed by atoms with E-state index in [-0.39, 0.29) is 0 Å².